The molecule has 32 heavy (non-hydrogen) atoms. The lowest BCUT2D eigenvalue weighted by molar-refractivity contribution is -0.126. The number of anilines is 1. The van der Waals surface area contributed by atoms with Gasteiger partial charge in [-0.15, -0.1) is 0 Å². The number of benzene rings is 3. The molecule has 1 heterocycles. The summed E-state index contributed by atoms with van der Waals surface area (Å²) in [6.07, 6.45) is 0.412. The highest BCUT2D eigenvalue weighted by Gasteiger charge is 2.47. The highest BCUT2D eigenvalue weighted by atomic mass is 16.5. The van der Waals surface area contributed by atoms with Gasteiger partial charge < -0.3 is 14.8 Å². The van der Waals surface area contributed by atoms with Gasteiger partial charge in [0.1, 0.15) is 17.0 Å². The predicted molar refractivity (Wildman–Crippen MR) is 123 cm³/mol. The van der Waals surface area contributed by atoms with E-state index >= 15 is 0 Å². The zero-order valence-corrected chi connectivity index (χ0v) is 18.4. The van der Waals surface area contributed by atoms with E-state index in [1.165, 1.54) is 0 Å². The Balaban J connectivity index is 1.66. The van der Waals surface area contributed by atoms with Crippen molar-refractivity contribution in [2.45, 2.75) is 25.4 Å². The van der Waals surface area contributed by atoms with Crippen molar-refractivity contribution in [3.05, 3.63) is 89.5 Å². The maximum Gasteiger partial charge on any atom is 0.259 e. The molecular formula is C26H26N2O4. The SMILES string of the molecule is COc1ccc(CNC(=O)[C@]2(C)Cc3ccccc3C(=O)N2c2ccc(OC)cc2)cc1. The Morgan fingerprint density at radius 2 is 1.53 bits per heavy atom. The molecule has 6 heteroatoms. The molecule has 0 aromatic heterocycles. The van der Waals surface area contributed by atoms with E-state index in [1.807, 2.05) is 55.5 Å². The summed E-state index contributed by atoms with van der Waals surface area (Å²) in [5, 5.41) is 3.02. The van der Waals surface area contributed by atoms with Crippen LogP contribution < -0.4 is 19.7 Å². The second-order valence-electron chi connectivity index (χ2n) is 7.98. The highest BCUT2D eigenvalue weighted by molar-refractivity contribution is 6.14. The normalized spacial score (nSPS) is 17.5. The molecule has 6 nitrogen and oxygen atoms in total. The van der Waals surface area contributed by atoms with Crippen molar-refractivity contribution in [1.29, 1.82) is 0 Å². The molecule has 0 unspecified atom stereocenters. The number of nitrogens with zero attached hydrogens (tertiary/aromatic N) is 1. The molecule has 0 aliphatic carbocycles. The van der Waals surface area contributed by atoms with Crippen molar-refractivity contribution in [1.82, 2.24) is 5.32 Å². The van der Waals surface area contributed by atoms with E-state index in [0.29, 0.717) is 30.0 Å². The van der Waals surface area contributed by atoms with Crippen molar-refractivity contribution in [3.63, 3.8) is 0 Å². The number of carbonyl (C=O) groups excluding carboxylic acids is 2. The monoisotopic (exact) mass is 430 g/mol. The molecule has 1 atom stereocenters. The average Bonchev–Trinajstić information content (AvgIpc) is 2.83. The third-order valence-corrected chi connectivity index (χ3v) is 5.91. The second-order valence-corrected chi connectivity index (χ2v) is 7.98. The average molecular weight is 431 g/mol. The van der Waals surface area contributed by atoms with E-state index in [-0.39, 0.29) is 11.8 Å². The van der Waals surface area contributed by atoms with Gasteiger partial charge in [0.15, 0.2) is 0 Å². The summed E-state index contributed by atoms with van der Waals surface area (Å²) in [5.74, 6) is 1.03. The van der Waals surface area contributed by atoms with Gasteiger partial charge in [0, 0.05) is 24.2 Å². The van der Waals surface area contributed by atoms with Crippen molar-refractivity contribution in [2.75, 3.05) is 19.1 Å². The van der Waals surface area contributed by atoms with Crippen LogP contribution in [0.5, 0.6) is 11.5 Å². The van der Waals surface area contributed by atoms with Gasteiger partial charge in [-0.2, -0.15) is 0 Å². The first-order chi connectivity index (χ1) is 15.5. The van der Waals surface area contributed by atoms with E-state index in [2.05, 4.69) is 5.32 Å². The van der Waals surface area contributed by atoms with Crippen LogP contribution in [0.1, 0.15) is 28.4 Å². The Morgan fingerprint density at radius 3 is 2.16 bits per heavy atom. The number of methoxy groups -OCH3 is 2. The van der Waals surface area contributed by atoms with E-state index in [9.17, 15) is 9.59 Å². The van der Waals surface area contributed by atoms with E-state index in [0.717, 1.165) is 16.9 Å². The number of nitrogens with one attached hydrogen (secondary N) is 1. The first-order valence-corrected chi connectivity index (χ1v) is 10.4. The Morgan fingerprint density at radius 1 is 0.938 bits per heavy atom. The van der Waals surface area contributed by atoms with E-state index in [1.54, 1.807) is 43.4 Å². The number of fused-ring (bicyclic) bond motifs is 1. The molecule has 3 aromatic rings. The standard InChI is InChI=1S/C26H26N2O4/c1-26(25(30)27-17-18-8-12-21(31-2)13-9-18)16-19-6-4-5-7-23(19)24(29)28(26)20-10-14-22(32-3)15-11-20/h4-15H,16-17H2,1-3H3,(H,27,30)/t26-/m0/s1. The number of amides is 2. The largest absolute Gasteiger partial charge is 0.497 e. The summed E-state index contributed by atoms with van der Waals surface area (Å²) in [4.78, 5) is 28.7. The molecule has 0 saturated heterocycles. The smallest absolute Gasteiger partial charge is 0.259 e. The Kier molecular flexibility index (Phi) is 5.86. The molecule has 3 aromatic carbocycles. The van der Waals surface area contributed by atoms with Crippen LogP contribution in [0.25, 0.3) is 0 Å². The van der Waals surface area contributed by atoms with Crippen molar-refractivity contribution in [2.24, 2.45) is 0 Å². The van der Waals surface area contributed by atoms with Crippen molar-refractivity contribution >= 4 is 17.5 Å². The van der Waals surface area contributed by atoms with Gasteiger partial charge in [-0.1, -0.05) is 30.3 Å². The van der Waals surface area contributed by atoms with E-state index < -0.39 is 5.54 Å². The van der Waals surface area contributed by atoms with Gasteiger partial charge in [-0.3, -0.25) is 14.5 Å². The lowest BCUT2D eigenvalue weighted by atomic mass is 9.82. The van der Waals surface area contributed by atoms with Crippen LogP contribution in [-0.2, 0) is 17.8 Å². The lowest BCUT2D eigenvalue weighted by Gasteiger charge is -2.44. The molecule has 0 fully saturated rings. The number of ether oxygens (including phenoxy) is 2. The minimum atomic E-state index is -1.09. The molecule has 2 amide bonds. The van der Waals surface area contributed by atoms with Gasteiger partial charge >= 0.3 is 0 Å². The molecular weight excluding hydrogens is 404 g/mol. The molecule has 0 radical (unpaired) electrons. The number of hydrogen-bond donors (Lipinski definition) is 1. The maximum absolute atomic E-state index is 13.5. The summed E-state index contributed by atoms with van der Waals surface area (Å²) in [5.41, 5.74) is 1.98. The fourth-order valence-corrected chi connectivity index (χ4v) is 4.11. The third-order valence-electron chi connectivity index (χ3n) is 5.91. The summed E-state index contributed by atoms with van der Waals surface area (Å²) < 4.78 is 10.4. The van der Waals surface area contributed by atoms with Gasteiger partial charge in [-0.05, 0) is 60.5 Å². The second kappa shape index (κ2) is 8.75. The van der Waals surface area contributed by atoms with Crippen LogP contribution in [0.3, 0.4) is 0 Å². The minimum absolute atomic E-state index is 0.195. The molecule has 164 valence electrons. The van der Waals surface area contributed by atoms with Gasteiger partial charge in [0.25, 0.3) is 5.91 Å². The molecule has 4 rings (SSSR count). The van der Waals surface area contributed by atoms with Crippen LogP contribution >= 0.6 is 0 Å². The Labute approximate surface area is 187 Å². The predicted octanol–water partition coefficient (Wildman–Crippen LogP) is 3.98. The van der Waals surface area contributed by atoms with Gasteiger partial charge in [0.2, 0.25) is 5.91 Å². The fraction of sp³-hybridized carbons (Fsp3) is 0.231. The quantitative estimate of drug-likeness (QED) is 0.642. The minimum Gasteiger partial charge on any atom is -0.497 e. The molecule has 0 saturated carbocycles. The molecule has 0 spiro atoms. The van der Waals surface area contributed by atoms with Gasteiger partial charge in [0.05, 0.1) is 14.2 Å². The van der Waals surface area contributed by atoms with Crippen LogP contribution in [-0.4, -0.2) is 31.6 Å². The number of carbonyl (C=O) groups is 2. The zero-order chi connectivity index (χ0) is 22.7. The zero-order valence-electron chi connectivity index (χ0n) is 18.4. The first kappa shape index (κ1) is 21.4. The lowest BCUT2D eigenvalue weighted by Crippen LogP contribution is -2.63. The highest BCUT2D eigenvalue weighted by Crippen LogP contribution is 2.36. The van der Waals surface area contributed by atoms with Gasteiger partial charge in [-0.25, -0.2) is 0 Å². The van der Waals surface area contributed by atoms with Crippen LogP contribution in [0, 0.1) is 0 Å². The summed E-state index contributed by atoms with van der Waals surface area (Å²) in [6, 6.07) is 22.2. The first-order valence-electron chi connectivity index (χ1n) is 10.4. The summed E-state index contributed by atoms with van der Waals surface area (Å²) >= 11 is 0. The topological polar surface area (TPSA) is 67.9 Å². The van der Waals surface area contributed by atoms with Crippen LogP contribution in [0.4, 0.5) is 5.69 Å². The molecule has 1 N–H and O–H groups in total. The van der Waals surface area contributed by atoms with Crippen LogP contribution in [0.2, 0.25) is 0 Å². The maximum atomic E-state index is 13.5. The summed E-state index contributed by atoms with van der Waals surface area (Å²) in [6.45, 7) is 2.17. The summed E-state index contributed by atoms with van der Waals surface area (Å²) in [7, 11) is 3.21. The fourth-order valence-electron chi connectivity index (χ4n) is 4.11. The van der Waals surface area contributed by atoms with E-state index in [4.69, 9.17) is 9.47 Å². The number of hydrogen-bond acceptors (Lipinski definition) is 4. The Hall–Kier alpha value is -3.80. The van der Waals surface area contributed by atoms with Crippen molar-refractivity contribution < 1.29 is 19.1 Å². The van der Waals surface area contributed by atoms with Crippen molar-refractivity contribution in [3.8, 4) is 11.5 Å². The van der Waals surface area contributed by atoms with Crippen LogP contribution in [0.15, 0.2) is 72.8 Å². The molecule has 0 bridgehead atoms. The third kappa shape index (κ3) is 3.91. The molecule has 1 aliphatic rings. The molecule has 1 aliphatic heterocycles. The Bertz CT molecular complexity index is 1130. The number of rotatable bonds is 6.